The fourth-order valence-electron chi connectivity index (χ4n) is 1.20. The van der Waals surface area contributed by atoms with Gasteiger partial charge in [-0.05, 0) is 5.41 Å². The van der Waals surface area contributed by atoms with Gasteiger partial charge in [0.2, 0.25) is 0 Å². The zero-order valence-electron chi connectivity index (χ0n) is 6.86. The minimum atomic E-state index is -0.138. The summed E-state index contributed by atoms with van der Waals surface area (Å²) in [6, 6.07) is 0. The second-order valence-electron chi connectivity index (χ2n) is 4.07. The van der Waals surface area contributed by atoms with Crippen molar-refractivity contribution in [3.8, 4) is 0 Å². The topological polar surface area (TPSA) is 17.1 Å². The number of halogens is 1. The number of rotatable bonds is 0. The number of carbonyl (C=O) groups excluding carboxylic acids is 1. The van der Waals surface area contributed by atoms with Crippen LogP contribution in [0.4, 0.5) is 0 Å². The molecular formula is C8H13BrO. The van der Waals surface area contributed by atoms with Crippen molar-refractivity contribution in [2.24, 2.45) is 10.8 Å². The van der Waals surface area contributed by atoms with Crippen LogP contribution in [0.1, 0.15) is 27.7 Å². The zero-order valence-corrected chi connectivity index (χ0v) is 8.45. The normalized spacial score (nSPS) is 35.3. The van der Waals surface area contributed by atoms with Crippen LogP contribution in [-0.4, -0.2) is 10.6 Å². The van der Waals surface area contributed by atoms with E-state index in [4.69, 9.17) is 0 Å². The Bertz CT molecular complexity index is 182. The van der Waals surface area contributed by atoms with Crippen molar-refractivity contribution < 1.29 is 4.79 Å². The van der Waals surface area contributed by atoms with Crippen molar-refractivity contribution in [3.63, 3.8) is 0 Å². The van der Waals surface area contributed by atoms with Gasteiger partial charge in [0.1, 0.15) is 0 Å². The molecule has 0 aromatic rings. The lowest BCUT2D eigenvalue weighted by molar-refractivity contribution is -0.149. The average Bonchev–Trinajstić information content (AvgIpc) is 1.84. The van der Waals surface area contributed by atoms with E-state index >= 15 is 0 Å². The van der Waals surface area contributed by atoms with E-state index in [0.717, 1.165) is 0 Å². The predicted octanol–water partition coefficient (Wildman–Crippen LogP) is 2.39. The highest BCUT2D eigenvalue weighted by Gasteiger charge is 2.60. The molecule has 1 atom stereocenters. The van der Waals surface area contributed by atoms with E-state index in [2.05, 4.69) is 29.8 Å². The highest BCUT2D eigenvalue weighted by Crippen LogP contribution is 2.56. The van der Waals surface area contributed by atoms with E-state index in [1.807, 2.05) is 13.8 Å². The standard InChI is InChI=1S/C8H13BrO/c1-7(2)5(9)6(10)8(7,3)4/h5H,1-4H3. The van der Waals surface area contributed by atoms with Crippen LogP contribution in [0.25, 0.3) is 0 Å². The Morgan fingerprint density at radius 2 is 1.70 bits per heavy atom. The van der Waals surface area contributed by atoms with Gasteiger partial charge in [0, 0.05) is 5.41 Å². The Morgan fingerprint density at radius 3 is 1.80 bits per heavy atom. The molecule has 0 radical (unpaired) electrons. The Labute approximate surface area is 70.3 Å². The van der Waals surface area contributed by atoms with Gasteiger partial charge in [-0.2, -0.15) is 0 Å². The van der Waals surface area contributed by atoms with Gasteiger partial charge < -0.3 is 0 Å². The van der Waals surface area contributed by atoms with Crippen LogP contribution < -0.4 is 0 Å². The van der Waals surface area contributed by atoms with E-state index in [9.17, 15) is 4.79 Å². The summed E-state index contributed by atoms with van der Waals surface area (Å²) in [7, 11) is 0. The van der Waals surface area contributed by atoms with Gasteiger partial charge in [0.15, 0.2) is 5.78 Å². The highest BCUT2D eigenvalue weighted by atomic mass is 79.9. The molecule has 1 aliphatic rings. The summed E-state index contributed by atoms with van der Waals surface area (Å²) in [6.45, 7) is 8.25. The zero-order chi connectivity index (χ0) is 8.15. The van der Waals surface area contributed by atoms with Crippen LogP contribution in [0.5, 0.6) is 0 Å². The maximum Gasteiger partial charge on any atom is 0.153 e. The molecule has 0 aliphatic heterocycles. The third-order valence-corrected chi connectivity index (χ3v) is 4.65. The van der Waals surface area contributed by atoms with Crippen LogP contribution in [0, 0.1) is 10.8 Å². The summed E-state index contributed by atoms with van der Waals surface area (Å²) in [4.78, 5) is 11.3. The lowest BCUT2D eigenvalue weighted by atomic mass is 9.52. The van der Waals surface area contributed by atoms with E-state index in [0.29, 0.717) is 5.78 Å². The third kappa shape index (κ3) is 0.659. The SMILES string of the molecule is CC1(C)C(=O)C(Br)C1(C)C. The summed E-state index contributed by atoms with van der Waals surface area (Å²) in [5.41, 5.74) is -0.0226. The molecule has 1 aliphatic carbocycles. The van der Waals surface area contributed by atoms with E-state index in [1.54, 1.807) is 0 Å². The van der Waals surface area contributed by atoms with Crippen LogP contribution in [0.15, 0.2) is 0 Å². The minimum absolute atomic E-state index is 0.0648. The first-order chi connectivity index (χ1) is 4.32. The molecule has 0 N–H and O–H groups in total. The Balaban J connectivity index is 2.92. The van der Waals surface area contributed by atoms with Crippen molar-refractivity contribution in [3.05, 3.63) is 0 Å². The summed E-state index contributed by atoms with van der Waals surface area (Å²) in [5, 5.41) is 0. The fraction of sp³-hybridized carbons (Fsp3) is 0.875. The monoisotopic (exact) mass is 204 g/mol. The van der Waals surface area contributed by atoms with Crippen molar-refractivity contribution in [2.45, 2.75) is 32.5 Å². The van der Waals surface area contributed by atoms with Crippen molar-refractivity contribution >= 4 is 21.7 Å². The fourth-order valence-corrected chi connectivity index (χ4v) is 2.35. The molecule has 1 fully saturated rings. The van der Waals surface area contributed by atoms with Crippen molar-refractivity contribution in [1.29, 1.82) is 0 Å². The lowest BCUT2D eigenvalue weighted by Gasteiger charge is -2.54. The second kappa shape index (κ2) is 1.84. The van der Waals surface area contributed by atoms with Crippen molar-refractivity contribution in [1.82, 2.24) is 0 Å². The Hall–Kier alpha value is 0.150. The quantitative estimate of drug-likeness (QED) is 0.555. The molecule has 0 aromatic carbocycles. The maximum absolute atomic E-state index is 11.3. The summed E-state index contributed by atoms with van der Waals surface area (Å²) in [5.74, 6) is 0.331. The van der Waals surface area contributed by atoms with Gasteiger partial charge in [-0.15, -0.1) is 0 Å². The van der Waals surface area contributed by atoms with Gasteiger partial charge in [-0.25, -0.2) is 0 Å². The summed E-state index contributed by atoms with van der Waals surface area (Å²) >= 11 is 3.37. The molecule has 1 saturated carbocycles. The number of hydrogen-bond acceptors (Lipinski definition) is 1. The van der Waals surface area contributed by atoms with E-state index in [1.165, 1.54) is 0 Å². The van der Waals surface area contributed by atoms with Crippen LogP contribution in [-0.2, 0) is 4.79 Å². The average molecular weight is 205 g/mol. The van der Waals surface area contributed by atoms with Gasteiger partial charge in [-0.1, -0.05) is 43.6 Å². The van der Waals surface area contributed by atoms with E-state index < -0.39 is 0 Å². The predicted molar refractivity (Wildman–Crippen MR) is 45.3 cm³/mol. The van der Waals surface area contributed by atoms with Gasteiger partial charge in [0.25, 0.3) is 0 Å². The molecule has 0 heterocycles. The van der Waals surface area contributed by atoms with Crippen LogP contribution >= 0.6 is 15.9 Å². The first-order valence-electron chi connectivity index (χ1n) is 3.50. The molecule has 2 heteroatoms. The number of Topliss-reactive ketones (excluding diaryl/α,β-unsaturated/α-hetero) is 1. The molecule has 0 amide bonds. The van der Waals surface area contributed by atoms with Gasteiger partial charge in [0.05, 0.1) is 4.83 Å². The highest BCUT2D eigenvalue weighted by molar-refractivity contribution is 9.10. The second-order valence-corrected chi connectivity index (χ2v) is 4.99. The molecule has 0 saturated heterocycles. The molecule has 1 rings (SSSR count). The maximum atomic E-state index is 11.3. The van der Waals surface area contributed by atoms with Crippen LogP contribution in [0.3, 0.4) is 0 Å². The minimum Gasteiger partial charge on any atom is -0.298 e. The van der Waals surface area contributed by atoms with Gasteiger partial charge >= 0.3 is 0 Å². The number of carbonyl (C=O) groups is 1. The first kappa shape index (κ1) is 8.25. The molecule has 1 nitrogen and oxygen atoms in total. The molecule has 0 aromatic heterocycles. The van der Waals surface area contributed by atoms with E-state index in [-0.39, 0.29) is 15.7 Å². The summed E-state index contributed by atoms with van der Waals surface area (Å²) < 4.78 is 0. The van der Waals surface area contributed by atoms with Crippen molar-refractivity contribution in [2.75, 3.05) is 0 Å². The molecular weight excluding hydrogens is 192 g/mol. The molecule has 10 heavy (non-hydrogen) atoms. The van der Waals surface area contributed by atoms with Gasteiger partial charge in [-0.3, -0.25) is 4.79 Å². The number of ketones is 1. The van der Waals surface area contributed by atoms with Crippen LogP contribution in [0.2, 0.25) is 0 Å². The molecule has 0 spiro atoms. The third-order valence-electron chi connectivity index (χ3n) is 3.09. The number of hydrogen-bond donors (Lipinski definition) is 0. The molecule has 58 valence electrons. The molecule has 0 bridgehead atoms. The summed E-state index contributed by atoms with van der Waals surface area (Å²) in [6.07, 6.45) is 0. The Morgan fingerprint density at radius 1 is 1.30 bits per heavy atom. The molecule has 1 unspecified atom stereocenters. The Kier molecular flexibility index (Phi) is 1.52. The largest absolute Gasteiger partial charge is 0.298 e. The number of alkyl halides is 1. The smallest absolute Gasteiger partial charge is 0.153 e. The first-order valence-corrected chi connectivity index (χ1v) is 4.42. The lowest BCUT2D eigenvalue weighted by Crippen LogP contribution is -2.61.